The molecule has 0 spiro atoms. The number of para-hydroxylation sites is 1. The molecule has 0 saturated carbocycles. The number of nitrogens with one attached hydrogen (secondary N) is 2. The first-order valence-corrected chi connectivity index (χ1v) is 15.1. The van der Waals surface area contributed by atoms with Crippen molar-refractivity contribution in [1.29, 1.82) is 0 Å². The van der Waals surface area contributed by atoms with Crippen molar-refractivity contribution in [1.82, 2.24) is 10.6 Å². The number of hydrogen-bond acceptors (Lipinski definition) is 3. The highest BCUT2D eigenvalue weighted by Gasteiger charge is 2.19. The third-order valence-corrected chi connectivity index (χ3v) is 6.90. The lowest BCUT2D eigenvalue weighted by molar-refractivity contribution is -0.130. The first kappa shape index (κ1) is 33.5. The predicted octanol–water partition coefficient (Wildman–Crippen LogP) is 8.06. The number of hydrogen-bond donors (Lipinski definition) is 2. The lowest BCUT2D eigenvalue weighted by atomic mass is 9.99. The highest BCUT2D eigenvalue weighted by Crippen LogP contribution is 2.16. The Morgan fingerprint density at radius 1 is 0.737 bits per heavy atom. The highest BCUT2D eigenvalue weighted by atomic mass is 16.5. The maximum Gasteiger partial charge on any atom is 0.258 e. The van der Waals surface area contributed by atoms with Gasteiger partial charge in [0.25, 0.3) is 5.91 Å². The van der Waals surface area contributed by atoms with Crippen molar-refractivity contribution in [2.75, 3.05) is 6.61 Å². The van der Waals surface area contributed by atoms with Crippen LogP contribution in [0.5, 0.6) is 5.75 Å². The van der Waals surface area contributed by atoms with E-state index in [1.54, 1.807) is 19.1 Å². The van der Waals surface area contributed by atoms with Gasteiger partial charge in [0.2, 0.25) is 5.91 Å². The summed E-state index contributed by atoms with van der Waals surface area (Å²) < 4.78 is 5.50. The maximum absolute atomic E-state index is 12.9. The summed E-state index contributed by atoms with van der Waals surface area (Å²) in [6.07, 6.45) is 24.3. The maximum atomic E-state index is 12.9. The van der Waals surface area contributed by atoms with Crippen molar-refractivity contribution >= 4 is 11.8 Å². The van der Waals surface area contributed by atoms with Gasteiger partial charge in [-0.1, -0.05) is 101 Å². The Kier molecular flexibility index (Phi) is 20.7. The smallest absolute Gasteiger partial charge is 0.258 e. The molecular weight excluding hydrogens is 472 g/mol. The van der Waals surface area contributed by atoms with E-state index in [0.717, 1.165) is 38.5 Å². The molecule has 214 valence electrons. The number of allylic oxidation sites excluding steroid dienone is 2. The Bertz CT molecular complexity index is 750. The summed E-state index contributed by atoms with van der Waals surface area (Å²) in [4.78, 5) is 25.2. The summed E-state index contributed by atoms with van der Waals surface area (Å²) in [7, 11) is 0. The summed E-state index contributed by atoms with van der Waals surface area (Å²) >= 11 is 0. The molecule has 1 rings (SSSR count). The van der Waals surface area contributed by atoms with Gasteiger partial charge in [-0.05, 0) is 57.6 Å². The van der Waals surface area contributed by atoms with E-state index in [1.807, 2.05) is 30.4 Å². The van der Waals surface area contributed by atoms with Gasteiger partial charge in [0.15, 0.2) is 6.61 Å². The minimum absolute atomic E-state index is 0.106. The van der Waals surface area contributed by atoms with E-state index in [4.69, 9.17) is 4.74 Å². The second-order valence-corrected chi connectivity index (χ2v) is 10.4. The van der Waals surface area contributed by atoms with Crippen LogP contribution in [0.2, 0.25) is 0 Å². The molecule has 0 fully saturated rings. The summed E-state index contributed by atoms with van der Waals surface area (Å²) in [5.74, 6) is 0.226. The summed E-state index contributed by atoms with van der Waals surface area (Å²) in [5, 5.41) is 6.00. The zero-order valence-electron chi connectivity index (χ0n) is 24.1. The topological polar surface area (TPSA) is 67.4 Å². The molecule has 5 heteroatoms. The molecule has 2 atom stereocenters. The number of benzene rings is 1. The Labute approximate surface area is 232 Å². The Hall–Kier alpha value is -2.56. The Balaban J connectivity index is 2.38. The molecule has 1 aromatic rings. The Morgan fingerprint density at radius 3 is 1.71 bits per heavy atom. The van der Waals surface area contributed by atoms with E-state index in [1.165, 1.54) is 70.6 Å². The third-order valence-electron chi connectivity index (χ3n) is 6.90. The van der Waals surface area contributed by atoms with Crippen LogP contribution in [0.3, 0.4) is 0 Å². The standard InChI is InChI=1S/C33H54N2O3/c1-4-6-8-10-12-14-16-18-21-25-30(24-20-17-15-13-11-9-7-5-2)35-33(37)29(3)34-32(36)28-38-31-26-22-19-23-27-31/h4-5,19,22-23,26-27,29-30H,1-2,6-18,20-21,24-25,28H2,3H3,(H,34,36)(H,35,37)/t29-,30?/m0/s1. The average molecular weight is 527 g/mol. The zero-order chi connectivity index (χ0) is 27.7. The van der Waals surface area contributed by atoms with Gasteiger partial charge in [-0.2, -0.15) is 0 Å². The molecule has 38 heavy (non-hydrogen) atoms. The highest BCUT2D eigenvalue weighted by molar-refractivity contribution is 5.87. The molecular formula is C33H54N2O3. The molecule has 0 aliphatic rings. The zero-order valence-corrected chi connectivity index (χ0v) is 24.1. The second kappa shape index (κ2) is 23.5. The summed E-state index contributed by atoms with van der Waals surface area (Å²) in [6.45, 7) is 9.21. The molecule has 0 radical (unpaired) electrons. The van der Waals surface area contributed by atoms with Gasteiger partial charge in [-0.25, -0.2) is 0 Å². The molecule has 2 N–H and O–H groups in total. The molecule has 0 heterocycles. The van der Waals surface area contributed by atoms with Gasteiger partial charge < -0.3 is 15.4 Å². The van der Waals surface area contributed by atoms with Crippen LogP contribution in [0.15, 0.2) is 55.6 Å². The van der Waals surface area contributed by atoms with Gasteiger partial charge >= 0.3 is 0 Å². The van der Waals surface area contributed by atoms with E-state index < -0.39 is 6.04 Å². The average Bonchev–Trinajstić information content (AvgIpc) is 2.92. The van der Waals surface area contributed by atoms with E-state index in [0.29, 0.717) is 5.75 Å². The van der Waals surface area contributed by atoms with Crippen molar-refractivity contribution in [3.05, 3.63) is 55.6 Å². The number of rotatable bonds is 25. The van der Waals surface area contributed by atoms with Crippen LogP contribution in [0.25, 0.3) is 0 Å². The van der Waals surface area contributed by atoms with Crippen molar-refractivity contribution < 1.29 is 14.3 Å². The number of ether oxygens (including phenoxy) is 1. The van der Waals surface area contributed by atoms with E-state index in [2.05, 4.69) is 23.8 Å². The molecule has 5 nitrogen and oxygen atoms in total. The van der Waals surface area contributed by atoms with Crippen molar-refractivity contribution in [2.45, 2.75) is 128 Å². The third kappa shape index (κ3) is 18.6. The molecule has 1 aromatic carbocycles. The largest absolute Gasteiger partial charge is 0.484 e. The normalized spacial score (nSPS) is 12.3. The molecule has 2 amide bonds. The lowest BCUT2D eigenvalue weighted by Crippen LogP contribution is -2.49. The van der Waals surface area contributed by atoms with E-state index in [9.17, 15) is 9.59 Å². The van der Waals surface area contributed by atoms with Gasteiger partial charge in [0.05, 0.1) is 0 Å². The fraction of sp³-hybridized carbons (Fsp3) is 0.636. The van der Waals surface area contributed by atoms with Crippen LogP contribution in [-0.4, -0.2) is 30.5 Å². The monoisotopic (exact) mass is 526 g/mol. The van der Waals surface area contributed by atoms with Gasteiger partial charge in [0.1, 0.15) is 11.8 Å². The first-order valence-electron chi connectivity index (χ1n) is 15.1. The SMILES string of the molecule is C=CCCCCCCCCCC(CCCCCCCCC=C)NC(=O)[C@H](C)NC(=O)COc1ccccc1. The fourth-order valence-electron chi connectivity index (χ4n) is 4.58. The van der Waals surface area contributed by atoms with Crippen LogP contribution in [0, 0.1) is 0 Å². The summed E-state index contributed by atoms with van der Waals surface area (Å²) in [5.41, 5.74) is 0. The number of amides is 2. The number of carbonyl (C=O) groups excluding carboxylic acids is 2. The van der Waals surface area contributed by atoms with Crippen LogP contribution in [0.4, 0.5) is 0 Å². The van der Waals surface area contributed by atoms with Crippen LogP contribution in [-0.2, 0) is 9.59 Å². The lowest BCUT2D eigenvalue weighted by Gasteiger charge is -2.22. The van der Waals surface area contributed by atoms with Gasteiger partial charge in [0, 0.05) is 6.04 Å². The second-order valence-electron chi connectivity index (χ2n) is 10.4. The Morgan fingerprint density at radius 2 is 1.21 bits per heavy atom. The van der Waals surface area contributed by atoms with Crippen LogP contribution >= 0.6 is 0 Å². The van der Waals surface area contributed by atoms with E-state index >= 15 is 0 Å². The number of carbonyl (C=O) groups is 2. The molecule has 0 aliphatic heterocycles. The van der Waals surface area contributed by atoms with E-state index in [-0.39, 0.29) is 24.5 Å². The predicted molar refractivity (Wildman–Crippen MR) is 160 cm³/mol. The van der Waals surface area contributed by atoms with Gasteiger partial charge in [-0.3, -0.25) is 9.59 Å². The minimum Gasteiger partial charge on any atom is -0.484 e. The molecule has 0 saturated heterocycles. The summed E-state index contributed by atoms with van der Waals surface area (Å²) in [6, 6.07) is 8.79. The quantitative estimate of drug-likeness (QED) is 0.1000. The van der Waals surface area contributed by atoms with Crippen LogP contribution in [0.1, 0.15) is 116 Å². The van der Waals surface area contributed by atoms with Crippen molar-refractivity contribution in [3.8, 4) is 5.75 Å². The molecule has 0 aliphatic carbocycles. The minimum atomic E-state index is -0.593. The molecule has 1 unspecified atom stereocenters. The first-order chi connectivity index (χ1) is 18.6. The van der Waals surface area contributed by atoms with Gasteiger partial charge in [-0.15, -0.1) is 13.2 Å². The van der Waals surface area contributed by atoms with Crippen LogP contribution < -0.4 is 15.4 Å². The van der Waals surface area contributed by atoms with Crippen molar-refractivity contribution in [3.63, 3.8) is 0 Å². The molecule has 0 bridgehead atoms. The number of unbranched alkanes of at least 4 members (excludes halogenated alkanes) is 13. The fourth-order valence-corrected chi connectivity index (χ4v) is 4.58. The van der Waals surface area contributed by atoms with Crippen molar-refractivity contribution in [2.24, 2.45) is 0 Å². The molecule has 0 aromatic heterocycles.